The van der Waals surface area contributed by atoms with Gasteiger partial charge in [0, 0.05) is 12.1 Å². The van der Waals surface area contributed by atoms with Gasteiger partial charge < -0.3 is 10.4 Å². The second kappa shape index (κ2) is 4.72. The molecule has 0 aliphatic carbocycles. The van der Waals surface area contributed by atoms with Gasteiger partial charge in [0.2, 0.25) is 11.7 Å². The fraction of sp³-hybridized carbons (Fsp3) is 0.250. The van der Waals surface area contributed by atoms with Gasteiger partial charge in [-0.2, -0.15) is 15.0 Å². The first kappa shape index (κ1) is 12.3. The predicted molar refractivity (Wildman–Crippen MR) is 70.5 cm³/mol. The van der Waals surface area contributed by atoms with Crippen molar-refractivity contribution in [2.75, 3.05) is 0 Å². The van der Waals surface area contributed by atoms with E-state index >= 15 is 0 Å². The lowest BCUT2D eigenvalue weighted by Gasteiger charge is -2.20. The van der Waals surface area contributed by atoms with Gasteiger partial charge in [0.05, 0.1) is 6.42 Å². The molecular formula is C12H12N6O2. The fourth-order valence-electron chi connectivity index (χ4n) is 2.22. The number of aryl methyl sites for hydroxylation is 1. The van der Waals surface area contributed by atoms with Crippen molar-refractivity contribution in [3.05, 3.63) is 46.8 Å². The molecule has 0 amide bonds. The van der Waals surface area contributed by atoms with Gasteiger partial charge in [0.15, 0.2) is 17.9 Å². The summed E-state index contributed by atoms with van der Waals surface area (Å²) in [5, 5.41) is 26.4. The van der Waals surface area contributed by atoms with Crippen molar-refractivity contribution < 1.29 is 9.47 Å². The molecule has 2 aromatic heterocycles. The van der Waals surface area contributed by atoms with Crippen molar-refractivity contribution in [2.45, 2.75) is 12.5 Å². The molecule has 0 saturated heterocycles. The molecule has 2 aromatic rings. The Morgan fingerprint density at radius 2 is 2.25 bits per heavy atom. The fourth-order valence-corrected chi connectivity index (χ4v) is 2.22. The summed E-state index contributed by atoms with van der Waals surface area (Å²) in [6, 6.07) is 5.24. The van der Waals surface area contributed by atoms with E-state index in [-0.39, 0.29) is 5.71 Å². The Morgan fingerprint density at radius 1 is 1.40 bits per heavy atom. The normalized spacial score (nSPS) is 17.1. The van der Waals surface area contributed by atoms with Crippen LogP contribution in [0.2, 0.25) is 0 Å². The molecule has 8 heteroatoms. The van der Waals surface area contributed by atoms with E-state index in [0.29, 0.717) is 12.4 Å². The minimum absolute atomic E-state index is 0.0202. The highest BCUT2D eigenvalue weighted by molar-refractivity contribution is 6.31. The summed E-state index contributed by atoms with van der Waals surface area (Å²) >= 11 is 0. The number of aromatic nitrogens is 4. The molecule has 1 aliphatic rings. The first-order valence-electron chi connectivity index (χ1n) is 6.05. The zero-order chi connectivity index (χ0) is 14.1. The van der Waals surface area contributed by atoms with E-state index < -0.39 is 10.9 Å². The third kappa shape index (κ3) is 2.00. The topological polar surface area (TPSA) is 96.1 Å². The van der Waals surface area contributed by atoms with Crippen LogP contribution in [0.3, 0.4) is 0 Å². The van der Waals surface area contributed by atoms with Crippen LogP contribution in [0.4, 0.5) is 5.95 Å². The maximum Gasteiger partial charge on any atom is 0.248 e. The minimum Gasteiger partial charge on any atom is -0.612 e. The standard InChI is InChI=1S/C12H12N6O2/c1-16-5-3-2-4-9(16)6-10-11(18(19)20)7-13-12-14-8-15-17(10)12/h2-5,7-8,10H,6H2,1H3. The number of nitrogens with zero attached hydrogens (tertiary/aromatic N) is 6. The van der Waals surface area contributed by atoms with Gasteiger partial charge in [-0.05, 0) is 0 Å². The average Bonchev–Trinajstić information content (AvgIpc) is 2.90. The van der Waals surface area contributed by atoms with Crippen LogP contribution in [-0.4, -0.2) is 31.6 Å². The number of hydrogen-bond donors (Lipinski definition) is 0. The van der Waals surface area contributed by atoms with Crippen molar-refractivity contribution >= 4 is 17.9 Å². The van der Waals surface area contributed by atoms with Crippen LogP contribution in [-0.2, 0) is 13.5 Å². The van der Waals surface area contributed by atoms with Crippen molar-refractivity contribution in [2.24, 2.45) is 12.0 Å². The SMILES string of the molecule is C[n+]1ccccc1CC1C(=[N+]([O-])[O-])C=Nc2ncnn21. The number of fused-ring (bicyclic) bond motifs is 1. The summed E-state index contributed by atoms with van der Waals surface area (Å²) in [7, 11) is 1.90. The second-order valence-corrected chi connectivity index (χ2v) is 4.47. The summed E-state index contributed by atoms with van der Waals surface area (Å²) < 4.78 is 3.42. The van der Waals surface area contributed by atoms with E-state index in [1.54, 1.807) is 0 Å². The van der Waals surface area contributed by atoms with Crippen LogP contribution < -0.4 is 4.57 Å². The lowest BCUT2D eigenvalue weighted by molar-refractivity contribution is -0.679. The third-order valence-electron chi connectivity index (χ3n) is 3.28. The Morgan fingerprint density at radius 3 is 3.00 bits per heavy atom. The molecule has 20 heavy (non-hydrogen) atoms. The van der Waals surface area contributed by atoms with Crippen molar-refractivity contribution in [1.82, 2.24) is 14.8 Å². The van der Waals surface area contributed by atoms with Crippen molar-refractivity contribution in [3.8, 4) is 0 Å². The van der Waals surface area contributed by atoms with Crippen LogP contribution in [0.25, 0.3) is 0 Å². The van der Waals surface area contributed by atoms with Crippen LogP contribution in [0.15, 0.2) is 35.7 Å². The smallest absolute Gasteiger partial charge is 0.248 e. The van der Waals surface area contributed by atoms with E-state index in [9.17, 15) is 10.4 Å². The Kier molecular flexibility index (Phi) is 2.90. The maximum atomic E-state index is 11.2. The Balaban J connectivity index is 2.04. The molecule has 0 aromatic carbocycles. The van der Waals surface area contributed by atoms with Crippen LogP contribution >= 0.6 is 0 Å². The Labute approximate surface area is 114 Å². The highest BCUT2D eigenvalue weighted by Crippen LogP contribution is 2.22. The van der Waals surface area contributed by atoms with Crippen LogP contribution in [0.1, 0.15) is 11.7 Å². The summed E-state index contributed by atoms with van der Waals surface area (Å²) in [5.74, 6) is 0.388. The molecule has 0 N–H and O–H groups in total. The summed E-state index contributed by atoms with van der Waals surface area (Å²) in [5.41, 5.74) is 0.987. The van der Waals surface area contributed by atoms with Gasteiger partial charge in [-0.25, -0.2) is 14.2 Å². The molecule has 3 rings (SSSR count). The highest BCUT2D eigenvalue weighted by atomic mass is 16.8. The van der Waals surface area contributed by atoms with Crippen LogP contribution in [0, 0.1) is 10.4 Å². The predicted octanol–water partition coefficient (Wildman–Crippen LogP) is 0.0514. The molecule has 1 atom stereocenters. The largest absolute Gasteiger partial charge is 0.612 e. The van der Waals surface area contributed by atoms with Gasteiger partial charge in [-0.1, -0.05) is 6.07 Å². The minimum atomic E-state index is -0.506. The molecule has 0 bridgehead atoms. The first-order valence-corrected chi connectivity index (χ1v) is 6.05. The lowest BCUT2D eigenvalue weighted by atomic mass is 10.1. The maximum absolute atomic E-state index is 11.2. The van der Waals surface area contributed by atoms with Gasteiger partial charge in [0.25, 0.3) is 0 Å². The van der Waals surface area contributed by atoms with E-state index in [0.717, 1.165) is 5.69 Å². The van der Waals surface area contributed by atoms with Gasteiger partial charge >= 0.3 is 0 Å². The summed E-state index contributed by atoms with van der Waals surface area (Å²) in [6.07, 6.45) is 4.97. The molecule has 1 aliphatic heterocycles. The van der Waals surface area contributed by atoms with E-state index in [2.05, 4.69) is 15.1 Å². The van der Waals surface area contributed by atoms with Gasteiger partial charge in [0.1, 0.15) is 19.6 Å². The number of aliphatic imine (C=N–C) groups is 1. The van der Waals surface area contributed by atoms with Gasteiger partial charge in [-0.15, -0.1) is 0 Å². The number of hydrogen-bond acceptors (Lipinski definition) is 5. The summed E-state index contributed by atoms with van der Waals surface area (Å²) in [6.45, 7) is 0. The molecule has 0 fully saturated rings. The number of rotatable bonds is 2. The quantitative estimate of drug-likeness (QED) is 0.438. The van der Waals surface area contributed by atoms with Crippen molar-refractivity contribution in [3.63, 3.8) is 0 Å². The molecule has 3 heterocycles. The Hall–Kier alpha value is -2.77. The molecular weight excluding hydrogens is 260 g/mol. The average molecular weight is 272 g/mol. The zero-order valence-electron chi connectivity index (χ0n) is 10.7. The molecule has 102 valence electrons. The van der Waals surface area contributed by atoms with Crippen LogP contribution in [0.5, 0.6) is 0 Å². The second-order valence-electron chi connectivity index (χ2n) is 4.47. The molecule has 0 saturated carbocycles. The summed E-state index contributed by atoms with van der Waals surface area (Å²) in [4.78, 5) is 7.51. The molecule has 8 nitrogen and oxygen atoms in total. The monoisotopic (exact) mass is 272 g/mol. The highest BCUT2D eigenvalue weighted by Gasteiger charge is 2.32. The van der Waals surface area contributed by atoms with E-state index in [1.807, 2.05) is 36.0 Å². The molecule has 0 spiro atoms. The van der Waals surface area contributed by atoms with Crippen molar-refractivity contribution in [1.29, 1.82) is 0 Å². The van der Waals surface area contributed by atoms with Gasteiger partial charge in [-0.3, -0.25) is 0 Å². The third-order valence-corrected chi connectivity index (χ3v) is 3.28. The zero-order valence-corrected chi connectivity index (χ0v) is 10.7. The van der Waals surface area contributed by atoms with E-state index in [1.165, 1.54) is 17.2 Å². The molecule has 1 unspecified atom stereocenters. The Bertz CT molecular complexity index is 701. The lowest BCUT2D eigenvalue weighted by Crippen LogP contribution is -2.38. The number of pyridine rings is 1. The first-order chi connectivity index (χ1) is 9.66. The molecule has 0 radical (unpaired) electrons. The van der Waals surface area contributed by atoms with E-state index in [4.69, 9.17) is 0 Å².